The lowest BCUT2D eigenvalue weighted by molar-refractivity contribution is 0.0947. The molecule has 0 saturated heterocycles. The predicted molar refractivity (Wildman–Crippen MR) is 122 cm³/mol. The molecule has 0 unspecified atom stereocenters. The highest BCUT2D eigenvalue weighted by atomic mass is 35.5. The molecule has 0 aliphatic rings. The molecule has 0 atom stereocenters. The molecule has 1 heterocycles. The van der Waals surface area contributed by atoms with E-state index in [0.29, 0.717) is 22.0 Å². The van der Waals surface area contributed by atoms with E-state index in [1.807, 2.05) is 48.5 Å². The van der Waals surface area contributed by atoms with Gasteiger partial charge in [-0.2, -0.15) is 0 Å². The number of carbonyl (C=O) groups excluding carboxylic acids is 2. The van der Waals surface area contributed by atoms with Gasteiger partial charge < -0.3 is 20.4 Å². The van der Waals surface area contributed by atoms with E-state index in [1.54, 1.807) is 31.4 Å². The standard InChI is InChI=1S/C24H20ClN3O3/c1-31-20-9-5-2-6-16(20)14-26-24(30)22-21(18-7-3-4-8-19(18)27-22)28-23(29)15-10-12-17(25)13-11-15/h2-13,27H,14H2,1H3,(H,26,30)(H,28,29). The van der Waals surface area contributed by atoms with Crippen molar-refractivity contribution in [1.29, 1.82) is 0 Å². The fourth-order valence-electron chi connectivity index (χ4n) is 3.34. The van der Waals surface area contributed by atoms with Crippen LogP contribution in [0.15, 0.2) is 72.8 Å². The Morgan fingerprint density at radius 2 is 1.65 bits per heavy atom. The zero-order valence-electron chi connectivity index (χ0n) is 16.7. The number of amides is 2. The Kier molecular flexibility index (Phi) is 5.91. The summed E-state index contributed by atoms with van der Waals surface area (Å²) < 4.78 is 5.34. The third-order valence-corrected chi connectivity index (χ3v) is 5.16. The summed E-state index contributed by atoms with van der Waals surface area (Å²) in [6.07, 6.45) is 0. The van der Waals surface area contributed by atoms with E-state index in [-0.39, 0.29) is 24.1 Å². The van der Waals surface area contributed by atoms with Crippen molar-refractivity contribution in [2.75, 3.05) is 12.4 Å². The number of hydrogen-bond donors (Lipinski definition) is 3. The number of fused-ring (bicyclic) bond motifs is 1. The van der Waals surface area contributed by atoms with Gasteiger partial charge in [-0.3, -0.25) is 9.59 Å². The third-order valence-electron chi connectivity index (χ3n) is 4.91. The van der Waals surface area contributed by atoms with Gasteiger partial charge in [-0.15, -0.1) is 0 Å². The minimum Gasteiger partial charge on any atom is -0.496 e. The number of para-hydroxylation sites is 2. The van der Waals surface area contributed by atoms with Gasteiger partial charge in [-0.25, -0.2) is 0 Å². The van der Waals surface area contributed by atoms with Gasteiger partial charge in [-0.05, 0) is 36.4 Å². The fourth-order valence-corrected chi connectivity index (χ4v) is 3.47. The molecule has 3 aromatic carbocycles. The second-order valence-corrected chi connectivity index (χ2v) is 7.31. The van der Waals surface area contributed by atoms with Gasteiger partial charge in [-0.1, -0.05) is 48.0 Å². The quantitative estimate of drug-likeness (QED) is 0.399. The Morgan fingerprint density at radius 3 is 2.42 bits per heavy atom. The normalized spacial score (nSPS) is 10.6. The maximum absolute atomic E-state index is 13.0. The first-order valence-electron chi connectivity index (χ1n) is 9.64. The average Bonchev–Trinajstić information content (AvgIpc) is 3.16. The molecule has 6 nitrogen and oxygen atoms in total. The van der Waals surface area contributed by atoms with Gasteiger partial charge in [0.15, 0.2) is 0 Å². The van der Waals surface area contributed by atoms with Crippen LogP contribution in [0.1, 0.15) is 26.4 Å². The zero-order valence-corrected chi connectivity index (χ0v) is 17.5. The molecule has 0 aliphatic carbocycles. The molecule has 0 bridgehead atoms. The second kappa shape index (κ2) is 8.93. The van der Waals surface area contributed by atoms with Crippen molar-refractivity contribution in [2.24, 2.45) is 0 Å². The third kappa shape index (κ3) is 4.39. The van der Waals surface area contributed by atoms with Crippen molar-refractivity contribution in [3.05, 3.63) is 94.6 Å². The van der Waals surface area contributed by atoms with Crippen LogP contribution < -0.4 is 15.4 Å². The van der Waals surface area contributed by atoms with Crippen molar-refractivity contribution < 1.29 is 14.3 Å². The molecule has 4 rings (SSSR count). The summed E-state index contributed by atoms with van der Waals surface area (Å²) in [5.74, 6) is 0.0180. The van der Waals surface area contributed by atoms with E-state index in [1.165, 1.54) is 0 Å². The number of halogens is 1. The Bertz CT molecular complexity index is 1250. The van der Waals surface area contributed by atoms with Gasteiger partial charge in [0, 0.05) is 33.6 Å². The highest BCUT2D eigenvalue weighted by molar-refractivity contribution is 6.30. The smallest absolute Gasteiger partial charge is 0.270 e. The number of carbonyl (C=O) groups is 2. The predicted octanol–water partition coefficient (Wildman–Crippen LogP) is 5.01. The van der Waals surface area contributed by atoms with Crippen molar-refractivity contribution in [3.63, 3.8) is 0 Å². The number of methoxy groups -OCH3 is 1. The number of ether oxygens (including phenoxy) is 1. The first kappa shape index (κ1) is 20.5. The highest BCUT2D eigenvalue weighted by Gasteiger charge is 2.20. The molecule has 7 heteroatoms. The van der Waals surface area contributed by atoms with Gasteiger partial charge in [0.05, 0.1) is 12.8 Å². The Labute approximate surface area is 184 Å². The maximum Gasteiger partial charge on any atom is 0.270 e. The summed E-state index contributed by atoms with van der Waals surface area (Å²) in [7, 11) is 1.59. The molecular formula is C24H20ClN3O3. The van der Waals surface area contributed by atoms with Crippen LogP contribution >= 0.6 is 11.6 Å². The SMILES string of the molecule is COc1ccccc1CNC(=O)c1[nH]c2ccccc2c1NC(=O)c1ccc(Cl)cc1. The molecule has 3 N–H and O–H groups in total. The summed E-state index contributed by atoms with van der Waals surface area (Å²) in [6, 6.07) is 21.4. The number of anilines is 1. The molecule has 0 radical (unpaired) electrons. The van der Waals surface area contributed by atoms with Crippen LogP contribution in [0.3, 0.4) is 0 Å². The maximum atomic E-state index is 13.0. The summed E-state index contributed by atoms with van der Waals surface area (Å²) >= 11 is 5.91. The van der Waals surface area contributed by atoms with Gasteiger partial charge in [0.2, 0.25) is 0 Å². The minimum atomic E-state index is -0.339. The van der Waals surface area contributed by atoms with E-state index >= 15 is 0 Å². The van der Waals surface area contributed by atoms with Crippen molar-refractivity contribution in [3.8, 4) is 5.75 Å². The van der Waals surface area contributed by atoms with Crippen LogP contribution in [-0.4, -0.2) is 23.9 Å². The lowest BCUT2D eigenvalue weighted by atomic mass is 10.1. The molecule has 156 valence electrons. The fraction of sp³-hybridized carbons (Fsp3) is 0.0833. The Morgan fingerprint density at radius 1 is 0.935 bits per heavy atom. The van der Waals surface area contributed by atoms with E-state index in [9.17, 15) is 9.59 Å². The summed E-state index contributed by atoms with van der Waals surface area (Å²) in [4.78, 5) is 28.9. The van der Waals surface area contributed by atoms with Gasteiger partial charge in [0.25, 0.3) is 11.8 Å². The van der Waals surface area contributed by atoms with E-state index < -0.39 is 0 Å². The van der Waals surface area contributed by atoms with E-state index in [4.69, 9.17) is 16.3 Å². The first-order valence-corrected chi connectivity index (χ1v) is 10.0. The molecule has 31 heavy (non-hydrogen) atoms. The van der Waals surface area contributed by atoms with Crippen molar-refractivity contribution in [1.82, 2.24) is 10.3 Å². The number of rotatable bonds is 6. The molecule has 0 aliphatic heterocycles. The van der Waals surface area contributed by atoms with Crippen LogP contribution in [0.2, 0.25) is 5.02 Å². The number of benzene rings is 3. The van der Waals surface area contributed by atoms with E-state index in [0.717, 1.165) is 16.5 Å². The molecule has 0 spiro atoms. The van der Waals surface area contributed by atoms with E-state index in [2.05, 4.69) is 15.6 Å². The number of aromatic amines is 1. The topological polar surface area (TPSA) is 83.2 Å². The van der Waals surface area contributed by atoms with Crippen LogP contribution in [0.25, 0.3) is 10.9 Å². The number of H-pyrrole nitrogens is 1. The Hall–Kier alpha value is -3.77. The zero-order chi connectivity index (χ0) is 21.8. The van der Waals surface area contributed by atoms with Gasteiger partial charge >= 0.3 is 0 Å². The second-order valence-electron chi connectivity index (χ2n) is 6.88. The number of hydrogen-bond acceptors (Lipinski definition) is 3. The lowest BCUT2D eigenvalue weighted by Gasteiger charge is -2.11. The minimum absolute atomic E-state index is 0.276. The first-order chi connectivity index (χ1) is 15.1. The molecule has 4 aromatic rings. The lowest BCUT2D eigenvalue weighted by Crippen LogP contribution is -2.25. The summed E-state index contributed by atoms with van der Waals surface area (Å²) in [6.45, 7) is 0.281. The monoisotopic (exact) mass is 433 g/mol. The van der Waals surface area contributed by atoms with Crippen LogP contribution in [0.4, 0.5) is 5.69 Å². The highest BCUT2D eigenvalue weighted by Crippen LogP contribution is 2.28. The molecule has 0 saturated carbocycles. The van der Waals surface area contributed by atoms with Crippen LogP contribution in [0.5, 0.6) is 5.75 Å². The van der Waals surface area contributed by atoms with Crippen LogP contribution in [0, 0.1) is 0 Å². The molecule has 2 amide bonds. The molecular weight excluding hydrogens is 414 g/mol. The largest absolute Gasteiger partial charge is 0.496 e. The Balaban J connectivity index is 1.62. The molecule has 0 fully saturated rings. The van der Waals surface area contributed by atoms with Crippen molar-refractivity contribution >= 4 is 40.0 Å². The summed E-state index contributed by atoms with van der Waals surface area (Å²) in [5.41, 5.74) is 2.74. The summed E-state index contributed by atoms with van der Waals surface area (Å²) in [5, 5.41) is 7.05. The molecule has 1 aromatic heterocycles. The van der Waals surface area contributed by atoms with Gasteiger partial charge in [0.1, 0.15) is 11.4 Å². The number of aromatic nitrogens is 1. The van der Waals surface area contributed by atoms with Crippen LogP contribution in [-0.2, 0) is 6.54 Å². The number of nitrogens with one attached hydrogen (secondary N) is 3. The average molecular weight is 434 g/mol. The van der Waals surface area contributed by atoms with Crippen molar-refractivity contribution in [2.45, 2.75) is 6.54 Å².